The van der Waals surface area contributed by atoms with Crippen LogP contribution in [0.25, 0.3) is 66.4 Å². The Bertz CT molecular complexity index is 2670. The molecule has 0 N–H and O–H groups in total. The van der Waals surface area contributed by atoms with Crippen molar-refractivity contribution in [2.75, 3.05) is 0 Å². The van der Waals surface area contributed by atoms with Crippen LogP contribution in [0.5, 0.6) is 0 Å². The Kier molecular flexibility index (Phi) is 5.27. The van der Waals surface area contributed by atoms with E-state index >= 15 is 0 Å². The molecule has 5 heteroatoms. The van der Waals surface area contributed by atoms with Gasteiger partial charge in [0.25, 0.3) is 0 Å². The molecule has 4 aromatic carbocycles. The maximum atomic E-state index is 8.25. The summed E-state index contributed by atoms with van der Waals surface area (Å²) in [4.78, 5) is 8.59. The topological polar surface area (TPSA) is 52.1 Å². The van der Waals surface area contributed by atoms with Crippen LogP contribution in [0.2, 0.25) is 0 Å². The third-order valence-electron chi connectivity index (χ3n) is 7.22. The molecule has 45 heavy (non-hydrogen) atoms. The fraction of sp³-hybridized carbons (Fsp3) is 0.200. The van der Waals surface area contributed by atoms with Crippen molar-refractivity contribution < 1.29 is 44.0 Å². The summed E-state index contributed by atoms with van der Waals surface area (Å²) in [6, 6.07) is 26.9. The zero-order chi connectivity index (χ0) is 39.9. The summed E-state index contributed by atoms with van der Waals surface area (Å²) in [6.45, 7) is -1.81. The van der Waals surface area contributed by atoms with Gasteiger partial charge in [0.2, 0.25) is 0 Å². The summed E-state index contributed by atoms with van der Waals surface area (Å²) in [7, 11) is 0. The normalized spacial score (nSPS) is 16.5. The van der Waals surface area contributed by atoms with Gasteiger partial charge in [0, 0.05) is 53.0 Å². The molecule has 0 aliphatic heterocycles. The van der Waals surface area contributed by atoms with Gasteiger partial charge in [-0.2, -0.15) is 0 Å². The Hall–Kier alpha value is -4.31. The molecule has 4 nitrogen and oxygen atoms in total. The Morgan fingerprint density at radius 3 is 2.33 bits per heavy atom. The van der Waals surface area contributed by atoms with E-state index in [0.717, 1.165) is 27.7 Å². The quantitative estimate of drug-likeness (QED) is 0.168. The number of hydrogen-bond acceptors (Lipinski definition) is 4. The molecule has 0 amide bonds. The Balaban J connectivity index is 0.000000198. The van der Waals surface area contributed by atoms with Crippen molar-refractivity contribution >= 4 is 43.9 Å². The molecule has 0 saturated heterocycles. The van der Waals surface area contributed by atoms with Gasteiger partial charge in [-0.3, -0.25) is 0 Å². The Morgan fingerprint density at radius 1 is 0.778 bits per heavy atom. The first-order valence-electron chi connectivity index (χ1n) is 19.6. The van der Waals surface area contributed by atoms with E-state index < -0.39 is 32.3 Å². The van der Waals surface area contributed by atoms with Crippen LogP contribution in [0.3, 0.4) is 0 Å². The molecule has 0 unspecified atom stereocenters. The smallest absolute Gasteiger partial charge is 0.132 e. The zero-order valence-corrected chi connectivity index (χ0v) is 27.0. The molecule has 0 saturated carbocycles. The van der Waals surface area contributed by atoms with Crippen molar-refractivity contribution in [3.63, 3.8) is 0 Å². The molecule has 0 bridgehead atoms. The number of aromatic nitrogens is 2. The van der Waals surface area contributed by atoms with Gasteiger partial charge in [-0.25, -0.2) is 0 Å². The molecule has 0 atom stereocenters. The molecule has 0 aliphatic carbocycles. The van der Waals surface area contributed by atoms with Gasteiger partial charge in [-0.1, -0.05) is 81.2 Å². The first-order chi connectivity index (χ1) is 25.6. The first-order valence-corrected chi connectivity index (χ1v) is 14.1. The van der Waals surface area contributed by atoms with Crippen molar-refractivity contribution in [1.29, 1.82) is 0 Å². The molecule has 0 aliphatic rings. The molecule has 0 fully saturated rings. The summed E-state index contributed by atoms with van der Waals surface area (Å²) in [5.41, 5.74) is 4.13. The maximum absolute atomic E-state index is 8.25. The number of fused-ring (bicyclic) bond motifs is 2. The Labute approximate surface area is 292 Å². The zero-order valence-electron chi connectivity index (χ0n) is 35.6. The second-order valence-electron chi connectivity index (χ2n) is 11.6. The minimum atomic E-state index is -2.62. The monoisotopic (exact) mass is 778 g/mol. The standard InChI is InChI=1S/C23H14NO2.C17H20N.Ir/c1-12-9-17(24-11-13(12)2)16-7-8-18-20-21-19(25-18)10-14-5-3-4-6-15(14)22(21)26-23(16)20;1-13-5-8-15(9-6-13)16-10-7-14(12-18-16)11-17(2,3)4;/h3-6,8-11H,1-2H3;5-8,10,12H,11H2,1-4H3;/q2*-1;/i1D3,2D3;1D3,11D2;. The number of furan rings is 2. The summed E-state index contributed by atoms with van der Waals surface area (Å²) in [6.07, 6.45) is 1.15. The van der Waals surface area contributed by atoms with E-state index in [1.165, 1.54) is 18.3 Å². The average molecular weight is 778 g/mol. The van der Waals surface area contributed by atoms with Crippen LogP contribution >= 0.6 is 0 Å². The van der Waals surface area contributed by atoms with Gasteiger partial charge in [0.05, 0.1) is 16.6 Å². The van der Waals surface area contributed by atoms with E-state index in [4.69, 9.17) is 23.9 Å². The van der Waals surface area contributed by atoms with Crippen LogP contribution in [-0.2, 0) is 26.5 Å². The van der Waals surface area contributed by atoms with Gasteiger partial charge in [-0.05, 0) is 64.8 Å². The summed E-state index contributed by atoms with van der Waals surface area (Å²) in [5.74, 6) is 0. The van der Waals surface area contributed by atoms with E-state index in [1.54, 1.807) is 30.3 Å². The number of pyridine rings is 2. The largest absolute Gasteiger partial charge is 0.500 e. The number of rotatable bonds is 3. The fourth-order valence-electron chi connectivity index (χ4n) is 5.29. The summed E-state index contributed by atoms with van der Waals surface area (Å²) in [5, 5.41) is 3.52. The van der Waals surface area contributed by atoms with E-state index in [9.17, 15) is 0 Å². The van der Waals surface area contributed by atoms with Crippen molar-refractivity contribution in [3.05, 3.63) is 120 Å². The second kappa shape index (κ2) is 11.9. The van der Waals surface area contributed by atoms with E-state index in [0.29, 0.717) is 44.7 Å². The van der Waals surface area contributed by atoms with Gasteiger partial charge >= 0.3 is 0 Å². The molecule has 227 valence electrons. The number of nitrogens with zero attached hydrogens (tertiary/aromatic N) is 2. The van der Waals surface area contributed by atoms with E-state index in [1.807, 2.05) is 51.1 Å². The van der Waals surface area contributed by atoms with Gasteiger partial charge in [0.1, 0.15) is 11.2 Å². The first kappa shape index (κ1) is 19.9. The van der Waals surface area contributed by atoms with Crippen LogP contribution in [0.1, 0.15) is 58.1 Å². The van der Waals surface area contributed by atoms with E-state index in [2.05, 4.69) is 22.1 Å². The van der Waals surface area contributed by atoms with Crippen molar-refractivity contribution in [3.8, 4) is 22.5 Å². The molecular weight excluding hydrogens is 733 g/mol. The predicted molar refractivity (Wildman–Crippen MR) is 180 cm³/mol. The number of benzene rings is 4. The third-order valence-corrected chi connectivity index (χ3v) is 7.22. The van der Waals surface area contributed by atoms with Crippen LogP contribution in [0, 0.1) is 38.1 Å². The third kappa shape index (κ3) is 5.91. The molecule has 4 aromatic heterocycles. The molecule has 0 spiro atoms. The van der Waals surface area contributed by atoms with Crippen molar-refractivity contribution in [1.82, 2.24) is 9.97 Å². The van der Waals surface area contributed by atoms with Crippen LogP contribution in [0.15, 0.2) is 94.0 Å². The molecule has 8 aromatic rings. The minimum Gasteiger partial charge on any atom is -0.500 e. The predicted octanol–water partition coefficient (Wildman–Crippen LogP) is 10.8. The van der Waals surface area contributed by atoms with Gasteiger partial charge < -0.3 is 18.8 Å². The van der Waals surface area contributed by atoms with Crippen LogP contribution in [0.4, 0.5) is 0 Å². The molecule has 1 radical (unpaired) electrons. The average Bonchev–Trinajstić information content (AvgIpc) is 3.70. The van der Waals surface area contributed by atoms with Gasteiger partial charge in [0.15, 0.2) is 0 Å². The SMILES string of the molecule is [2H]C([2H])([2H])c1c[c-]c(-c2ccc(C([2H])([2H])C(C)(C)C)cn2)cc1.[2H]C([2H])([2H])c1cnc(-c2[c-]cc3oc4cc5ccccc5c5oc2c3c45)cc1C([2H])([2H])[2H].[Ir]. The Morgan fingerprint density at radius 2 is 1.60 bits per heavy atom. The maximum Gasteiger partial charge on any atom is 0.132 e. The molecule has 8 rings (SSSR count). The van der Waals surface area contributed by atoms with Crippen molar-refractivity contribution in [2.24, 2.45) is 5.41 Å². The summed E-state index contributed by atoms with van der Waals surface area (Å²) < 4.78 is 97.5. The summed E-state index contributed by atoms with van der Waals surface area (Å²) >= 11 is 0. The van der Waals surface area contributed by atoms with Gasteiger partial charge in [-0.15, -0.1) is 47.5 Å². The molecular formula is C40H34IrN2O2-2. The van der Waals surface area contributed by atoms with Crippen LogP contribution < -0.4 is 0 Å². The fourth-order valence-corrected chi connectivity index (χ4v) is 5.29. The van der Waals surface area contributed by atoms with E-state index in [-0.39, 0.29) is 42.5 Å². The van der Waals surface area contributed by atoms with Crippen LogP contribution in [-0.4, -0.2) is 9.97 Å². The second-order valence-corrected chi connectivity index (χ2v) is 11.6. The van der Waals surface area contributed by atoms with Crippen molar-refractivity contribution in [2.45, 2.75) is 47.7 Å². The number of hydrogen-bond donors (Lipinski definition) is 0. The minimum absolute atomic E-state index is 0. The molecule has 4 heterocycles. The number of aryl methyl sites for hydroxylation is 3.